The molecular weight excluding hydrogens is 248 g/mol. The third kappa shape index (κ3) is 2.39. The van der Waals surface area contributed by atoms with Crippen LogP contribution in [-0.2, 0) is 14.3 Å². The molecule has 2 heterocycles. The van der Waals surface area contributed by atoms with Crippen LogP contribution in [0.15, 0.2) is 18.2 Å². The molecule has 0 aliphatic carbocycles. The number of benzene rings is 1. The lowest BCUT2D eigenvalue weighted by molar-refractivity contribution is -0.124. The van der Waals surface area contributed by atoms with Gasteiger partial charge in [-0.3, -0.25) is 9.59 Å². The minimum atomic E-state index is -0.406. The third-order valence-electron chi connectivity index (χ3n) is 3.13. The number of anilines is 2. The number of fused-ring (bicyclic) bond motifs is 1. The summed E-state index contributed by atoms with van der Waals surface area (Å²) >= 11 is 0. The molecule has 6 nitrogen and oxygen atoms in total. The van der Waals surface area contributed by atoms with Crippen LogP contribution in [0.1, 0.15) is 12.8 Å². The van der Waals surface area contributed by atoms with Crippen LogP contribution in [0, 0.1) is 0 Å². The summed E-state index contributed by atoms with van der Waals surface area (Å²) in [7, 11) is 0. The Morgan fingerprint density at radius 3 is 3.11 bits per heavy atom. The molecule has 1 unspecified atom stereocenters. The number of carbonyl (C=O) groups excluding carboxylic acids is 2. The van der Waals surface area contributed by atoms with Crippen LogP contribution in [0.3, 0.4) is 0 Å². The second kappa shape index (κ2) is 4.89. The first-order valence-electron chi connectivity index (χ1n) is 6.22. The Bertz CT molecular complexity index is 523. The van der Waals surface area contributed by atoms with Crippen molar-refractivity contribution in [3.05, 3.63) is 18.2 Å². The predicted octanol–water partition coefficient (Wildman–Crippen LogP) is 1.13. The molecule has 1 atom stereocenters. The van der Waals surface area contributed by atoms with Crippen LogP contribution in [0.2, 0.25) is 0 Å². The van der Waals surface area contributed by atoms with E-state index >= 15 is 0 Å². The monoisotopic (exact) mass is 262 g/mol. The standard InChI is InChI=1S/C13H14N2O4/c16-11-7-19-9-4-1-3-8(12(9)15-11)14-13(17)10-5-2-6-18-10/h1,3-4,10H,2,5-7H2,(H,14,17)(H,15,16). The minimum Gasteiger partial charge on any atom is -0.481 e. The summed E-state index contributed by atoms with van der Waals surface area (Å²) in [4.78, 5) is 23.3. The molecule has 19 heavy (non-hydrogen) atoms. The van der Waals surface area contributed by atoms with Crippen LogP contribution in [-0.4, -0.2) is 31.1 Å². The zero-order valence-electron chi connectivity index (χ0n) is 10.3. The molecule has 3 rings (SSSR count). The highest BCUT2D eigenvalue weighted by Crippen LogP contribution is 2.35. The van der Waals surface area contributed by atoms with E-state index in [9.17, 15) is 9.59 Å². The van der Waals surface area contributed by atoms with Crippen LogP contribution >= 0.6 is 0 Å². The average molecular weight is 262 g/mol. The maximum absolute atomic E-state index is 12.0. The molecule has 2 amide bonds. The Labute approximate surface area is 110 Å². The van der Waals surface area contributed by atoms with Gasteiger partial charge in [-0.2, -0.15) is 0 Å². The van der Waals surface area contributed by atoms with Gasteiger partial charge in [0.1, 0.15) is 17.5 Å². The van der Waals surface area contributed by atoms with Gasteiger partial charge in [-0.1, -0.05) is 6.07 Å². The van der Waals surface area contributed by atoms with Gasteiger partial charge in [0.15, 0.2) is 6.61 Å². The molecule has 2 aliphatic rings. The highest BCUT2D eigenvalue weighted by molar-refractivity contribution is 6.04. The van der Waals surface area contributed by atoms with E-state index in [0.717, 1.165) is 12.8 Å². The molecule has 0 aromatic heterocycles. The summed E-state index contributed by atoms with van der Waals surface area (Å²) in [5.74, 6) is 0.141. The van der Waals surface area contributed by atoms with E-state index in [0.29, 0.717) is 23.7 Å². The summed E-state index contributed by atoms with van der Waals surface area (Å²) in [6.45, 7) is 0.612. The first-order valence-corrected chi connectivity index (χ1v) is 6.22. The molecule has 2 aliphatic heterocycles. The summed E-state index contributed by atoms with van der Waals surface area (Å²) in [6.07, 6.45) is 1.21. The fraction of sp³-hybridized carbons (Fsp3) is 0.385. The molecule has 1 fully saturated rings. The molecule has 2 N–H and O–H groups in total. The van der Waals surface area contributed by atoms with Crippen molar-refractivity contribution >= 4 is 23.2 Å². The zero-order valence-corrected chi connectivity index (χ0v) is 10.3. The Balaban J connectivity index is 1.81. The highest BCUT2D eigenvalue weighted by atomic mass is 16.5. The summed E-state index contributed by atoms with van der Waals surface area (Å²) in [5, 5.41) is 5.48. The maximum Gasteiger partial charge on any atom is 0.262 e. The summed E-state index contributed by atoms with van der Waals surface area (Å²) < 4.78 is 10.6. The van der Waals surface area contributed by atoms with Gasteiger partial charge in [-0.15, -0.1) is 0 Å². The maximum atomic E-state index is 12.0. The first kappa shape index (κ1) is 12.0. The van der Waals surface area contributed by atoms with Gasteiger partial charge < -0.3 is 20.1 Å². The lowest BCUT2D eigenvalue weighted by Crippen LogP contribution is -2.29. The lowest BCUT2D eigenvalue weighted by atomic mass is 10.2. The van der Waals surface area contributed by atoms with E-state index in [1.54, 1.807) is 18.2 Å². The zero-order chi connectivity index (χ0) is 13.2. The number of para-hydroxylation sites is 1. The van der Waals surface area contributed by atoms with Crippen molar-refractivity contribution in [2.45, 2.75) is 18.9 Å². The summed E-state index contributed by atoms with van der Waals surface area (Å²) in [5.41, 5.74) is 1.04. The quantitative estimate of drug-likeness (QED) is 0.837. The van der Waals surface area contributed by atoms with Crippen molar-refractivity contribution in [2.75, 3.05) is 23.8 Å². The van der Waals surface area contributed by atoms with Gasteiger partial charge in [0.25, 0.3) is 11.8 Å². The topological polar surface area (TPSA) is 76.7 Å². The molecule has 1 aromatic carbocycles. The number of amides is 2. The van der Waals surface area contributed by atoms with E-state index in [2.05, 4.69) is 10.6 Å². The molecule has 0 spiro atoms. The van der Waals surface area contributed by atoms with Crippen molar-refractivity contribution in [2.24, 2.45) is 0 Å². The Morgan fingerprint density at radius 1 is 1.42 bits per heavy atom. The SMILES string of the molecule is O=C1COc2cccc(NC(=O)C3CCCO3)c2N1. The number of ether oxygens (including phenoxy) is 2. The number of nitrogens with one attached hydrogen (secondary N) is 2. The van der Waals surface area contributed by atoms with Gasteiger partial charge >= 0.3 is 0 Å². The van der Waals surface area contributed by atoms with Crippen LogP contribution in [0.4, 0.5) is 11.4 Å². The average Bonchev–Trinajstić information content (AvgIpc) is 2.93. The van der Waals surface area contributed by atoms with Crippen LogP contribution in [0.25, 0.3) is 0 Å². The number of hydrogen-bond donors (Lipinski definition) is 2. The number of carbonyl (C=O) groups is 2. The molecule has 0 radical (unpaired) electrons. The minimum absolute atomic E-state index is 0.00383. The fourth-order valence-corrected chi connectivity index (χ4v) is 2.20. The molecule has 0 bridgehead atoms. The Hall–Kier alpha value is -2.08. The molecule has 0 saturated carbocycles. The van der Waals surface area contributed by atoms with Crippen molar-refractivity contribution in [1.29, 1.82) is 0 Å². The van der Waals surface area contributed by atoms with Crippen LogP contribution < -0.4 is 15.4 Å². The van der Waals surface area contributed by atoms with Gasteiger partial charge in [0, 0.05) is 6.61 Å². The van der Waals surface area contributed by atoms with Crippen LogP contribution in [0.5, 0.6) is 5.75 Å². The van der Waals surface area contributed by atoms with Gasteiger partial charge in [-0.25, -0.2) is 0 Å². The predicted molar refractivity (Wildman–Crippen MR) is 68.2 cm³/mol. The van der Waals surface area contributed by atoms with Crippen molar-refractivity contribution < 1.29 is 19.1 Å². The number of hydrogen-bond acceptors (Lipinski definition) is 4. The van der Waals surface area contributed by atoms with Crippen molar-refractivity contribution in [3.63, 3.8) is 0 Å². The van der Waals surface area contributed by atoms with Gasteiger partial charge in [0.05, 0.1) is 5.69 Å². The number of rotatable bonds is 2. The Kier molecular flexibility index (Phi) is 3.08. The second-order valence-corrected chi connectivity index (χ2v) is 4.51. The van der Waals surface area contributed by atoms with Gasteiger partial charge in [-0.05, 0) is 25.0 Å². The van der Waals surface area contributed by atoms with E-state index in [-0.39, 0.29) is 18.4 Å². The molecule has 1 aromatic rings. The first-order chi connectivity index (χ1) is 9.24. The van der Waals surface area contributed by atoms with E-state index < -0.39 is 6.10 Å². The van der Waals surface area contributed by atoms with Gasteiger partial charge in [0.2, 0.25) is 0 Å². The lowest BCUT2D eigenvalue weighted by Gasteiger charge is -2.21. The smallest absolute Gasteiger partial charge is 0.262 e. The second-order valence-electron chi connectivity index (χ2n) is 4.51. The van der Waals surface area contributed by atoms with E-state index in [1.807, 2.05) is 0 Å². The molecule has 6 heteroatoms. The molecule has 100 valence electrons. The highest BCUT2D eigenvalue weighted by Gasteiger charge is 2.26. The van der Waals surface area contributed by atoms with Crippen molar-refractivity contribution in [3.8, 4) is 5.75 Å². The van der Waals surface area contributed by atoms with Crippen molar-refractivity contribution in [1.82, 2.24) is 0 Å². The molecule has 1 saturated heterocycles. The third-order valence-corrected chi connectivity index (χ3v) is 3.13. The van der Waals surface area contributed by atoms with E-state index in [4.69, 9.17) is 9.47 Å². The fourth-order valence-electron chi connectivity index (χ4n) is 2.20. The summed E-state index contributed by atoms with van der Waals surface area (Å²) in [6, 6.07) is 5.23. The largest absolute Gasteiger partial charge is 0.481 e. The normalized spacial score (nSPS) is 21.3. The molecular formula is C13H14N2O4. The Morgan fingerprint density at radius 2 is 2.32 bits per heavy atom. The van der Waals surface area contributed by atoms with E-state index in [1.165, 1.54) is 0 Å².